The first-order valence-corrected chi connectivity index (χ1v) is 4.61. The normalized spacial score (nSPS) is 39.5. The van der Waals surface area contributed by atoms with Crippen molar-refractivity contribution >= 4 is 0 Å². The van der Waals surface area contributed by atoms with E-state index in [1.165, 1.54) is 13.0 Å². The summed E-state index contributed by atoms with van der Waals surface area (Å²) in [6.07, 6.45) is 1.32. The van der Waals surface area contributed by atoms with Crippen molar-refractivity contribution < 1.29 is 0 Å². The molecule has 0 radical (unpaired) electrons. The molecule has 0 aromatic heterocycles. The second-order valence-corrected chi connectivity index (χ2v) is 5.09. The Hall–Kier alpha value is -0.0400. The lowest BCUT2D eigenvalue weighted by Crippen LogP contribution is -2.41. The highest BCUT2D eigenvalue weighted by Gasteiger charge is 2.44. The van der Waals surface area contributed by atoms with Crippen LogP contribution in [-0.4, -0.2) is 12.6 Å². The molecule has 0 aromatic carbocycles. The fraction of sp³-hybridized carbons (Fsp3) is 1.00. The average Bonchev–Trinajstić information content (AvgIpc) is 2.12. The molecule has 1 heteroatoms. The molecule has 1 nitrogen and oxygen atoms in total. The molecule has 1 fully saturated rings. The SMILES string of the molecule is C[C@H]1NCCC1(C)C(C)(C)C. The molecule has 0 aliphatic carbocycles. The van der Waals surface area contributed by atoms with Gasteiger partial charge in [0.1, 0.15) is 0 Å². The van der Waals surface area contributed by atoms with E-state index in [4.69, 9.17) is 0 Å². The van der Waals surface area contributed by atoms with E-state index < -0.39 is 0 Å². The predicted molar refractivity (Wildman–Crippen MR) is 49.6 cm³/mol. The van der Waals surface area contributed by atoms with E-state index in [-0.39, 0.29) is 0 Å². The molecule has 0 saturated carbocycles. The van der Waals surface area contributed by atoms with Gasteiger partial charge in [0, 0.05) is 6.04 Å². The number of rotatable bonds is 0. The summed E-state index contributed by atoms with van der Waals surface area (Å²) >= 11 is 0. The van der Waals surface area contributed by atoms with Crippen LogP contribution >= 0.6 is 0 Å². The summed E-state index contributed by atoms with van der Waals surface area (Å²) in [5.74, 6) is 0. The molecule has 0 amide bonds. The average molecular weight is 155 g/mol. The molecule has 1 unspecified atom stereocenters. The summed E-state index contributed by atoms with van der Waals surface area (Å²) in [4.78, 5) is 0. The molecule has 0 spiro atoms. The maximum Gasteiger partial charge on any atom is 0.00980 e. The Morgan fingerprint density at radius 2 is 1.91 bits per heavy atom. The molecule has 11 heavy (non-hydrogen) atoms. The molecule has 1 N–H and O–H groups in total. The van der Waals surface area contributed by atoms with Crippen LogP contribution in [0.2, 0.25) is 0 Å². The minimum Gasteiger partial charge on any atom is -0.314 e. The Labute approximate surface area is 70.6 Å². The highest BCUT2D eigenvalue weighted by molar-refractivity contribution is 4.98. The minimum absolute atomic E-state index is 0.427. The van der Waals surface area contributed by atoms with Crippen molar-refractivity contribution in [3.8, 4) is 0 Å². The van der Waals surface area contributed by atoms with Crippen LogP contribution < -0.4 is 5.32 Å². The van der Waals surface area contributed by atoms with E-state index in [1.807, 2.05) is 0 Å². The largest absolute Gasteiger partial charge is 0.314 e. The van der Waals surface area contributed by atoms with Gasteiger partial charge in [0.15, 0.2) is 0 Å². The number of nitrogens with one attached hydrogen (secondary N) is 1. The third-order valence-electron chi connectivity index (χ3n) is 3.76. The van der Waals surface area contributed by atoms with Crippen LogP contribution in [0.25, 0.3) is 0 Å². The molecule has 0 bridgehead atoms. The monoisotopic (exact) mass is 155 g/mol. The molecule has 1 aliphatic rings. The molecule has 0 aromatic rings. The predicted octanol–water partition coefficient (Wildman–Crippen LogP) is 2.42. The van der Waals surface area contributed by atoms with E-state index in [1.54, 1.807) is 0 Å². The van der Waals surface area contributed by atoms with Crippen LogP contribution in [-0.2, 0) is 0 Å². The molecule has 1 rings (SSSR count). The first kappa shape index (κ1) is 9.05. The lowest BCUT2D eigenvalue weighted by Gasteiger charge is -2.42. The zero-order valence-electron chi connectivity index (χ0n) is 8.49. The van der Waals surface area contributed by atoms with Gasteiger partial charge in [-0.15, -0.1) is 0 Å². The highest BCUT2D eigenvalue weighted by atomic mass is 15.0. The number of hydrogen-bond acceptors (Lipinski definition) is 1. The summed E-state index contributed by atoms with van der Waals surface area (Å²) in [5.41, 5.74) is 0.906. The topological polar surface area (TPSA) is 12.0 Å². The van der Waals surface area contributed by atoms with E-state index in [2.05, 4.69) is 39.9 Å². The van der Waals surface area contributed by atoms with E-state index >= 15 is 0 Å². The van der Waals surface area contributed by atoms with Crippen LogP contribution in [0, 0.1) is 10.8 Å². The third kappa shape index (κ3) is 1.31. The molecular formula is C10H21N. The Kier molecular flexibility index (Phi) is 2.04. The third-order valence-corrected chi connectivity index (χ3v) is 3.76. The standard InChI is InChI=1S/C10H21N/c1-8-10(5,6-7-11-8)9(2,3)4/h8,11H,6-7H2,1-5H3/t8-,10?/m1/s1. The van der Waals surface area contributed by atoms with Gasteiger partial charge in [0.25, 0.3) is 0 Å². The molecule has 1 aliphatic heterocycles. The maximum atomic E-state index is 3.52. The zero-order chi connectivity index (χ0) is 8.70. The second-order valence-electron chi connectivity index (χ2n) is 5.09. The Bertz CT molecular complexity index is 145. The molecule has 1 saturated heterocycles. The summed E-state index contributed by atoms with van der Waals surface area (Å²) in [6.45, 7) is 12.9. The molecule has 1 heterocycles. The van der Waals surface area contributed by atoms with Crippen molar-refractivity contribution in [1.82, 2.24) is 5.32 Å². The van der Waals surface area contributed by atoms with Gasteiger partial charge in [0.2, 0.25) is 0 Å². The highest BCUT2D eigenvalue weighted by Crippen LogP contribution is 2.46. The van der Waals surface area contributed by atoms with Crippen molar-refractivity contribution in [3.05, 3.63) is 0 Å². The lowest BCUT2D eigenvalue weighted by molar-refractivity contribution is 0.0981. The number of hydrogen-bond donors (Lipinski definition) is 1. The fourth-order valence-corrected chi connectivity index (χ4v) is 2.01. The smallest absolute Gasteiger partial charge is 0.00980 e. The minimum atomic E-state index is 0.427. The maximum absolute atomic E-state index is 3.52. The first-order chi connectivity index (χ1) is 4.88. The Morgan fingerprint density at radius 3 is 2.09 bits per heavy atom. The quantitative estimate of drug-likeness (QED) is 0.566. The van der Waals surface area contributed by atoms with Crippen LogP contribution in [0.1, 0.15) is 41.0 Å². The van der Waals surface area contributed by atoms with E-state index in [0.29, 0.717) is 16.9 Å². The molecular weight excluding hydrogens is 134 g/mol. The summed E-state index contributed by atoms with van der Waals surface area (Å²) in [6, 6.07) is 0.669. The Balaban J connectivity index is 2.81. The van der Waals surface area contributed by atoms with Gasteiger partial charge in [-0.05, 0) is 30.7 Å². The summed E-state index contributed by atoms with van der Waals surface area (Å²) in [7, 11) is 0. The van der Waals surface area contributed by atoms with Crippen LogP contribution in [0.5, 0.6) is 0 Å². The van der Waals surface area contributed by atoms with Gasteiger partial charge in [-0.25, -0.2) is 0 Å². The van der Waals surface area contributed by atoms with Gasteiger partial charge >= 0.3 is 0 Å². The summed E-state index contributed by atoms with van der Waals surface area (Å²) in [5, 5.41) is 3.52. The molecule has 2 atom stereocenters. The summed E-state index contributed by atoms with van der Waals surface area (Å²) < 4.78 is 0. The second kappa shape index (κ2) is 2.48. The van der Waals surface area contributed by atoms with Crippen molar-refractivity contribution in [2.45, 2.75) is 47.1 Å². The van der Waals surface area contributed by atoms with Crippen molar-refractivity contribution in [1.29, 1.82) is 0 Å². The van der Waals surface area contributed by atoms with Crippen molar-refractivity contribution in [2.24, 2.45) is 10.8 Å². The van der Waals surface area contributed by atoms with Crippen LogP contribution in [0.15, 0.2) is 0 Å². The zero-order valence-corrected chi connectivity index (χ0v) is 8.49. The lowest BCUT2D eigenvalue weighted by atomic mass is 9.64. The van der Waals surface area contributed by atoms with Gasteiger partial charge in [-0.2, -0.15) is 0 Å². The van der Waals surface area contributed by atoms with Gasteiger partial charge in [-0.3, -0.25) is 0 Å². The van der Waals surface area contributed by atoms with Crippen LogP contribution in [0.4, 0.5) is 0 Å². The van der Waals surface area contributed by atoms with E-state index in [9.17, 15) is 0 Å². The Morgan fingerprint density at radius 1 is 1.36 bits per heavy atom. The van der Waals surface area contributed by atoms with Gasteiger partial charge < -0.3 is 5.32 Å². The fourth-order valence-electron chi connectivity index (χ4n) is 2.01. The van der Waals surface area contributed by atoms with Crippen LogP contribution in [0.3, 0.4) is 0 Å². The first-order valence-electron chi connectivity index (χ1n) is 4.61. The molecule has 66 valence electrons. The van der Waals surface area contributed by atoms with Gasteiger partial charge in [0.05, 0.1) is 0 Å². The van der Waals surface area contributed by atoms with Gasteiger partial charge in [-0.1, -0.05) is 27.7 Å². The van der Waals surface area contributed by atoms with Crippen molar-refractivity contribution in [2.75, 3.05) is 6.54 Å². The van der Waals surface area contributed by atoms with Crippen molar-refractivity contribution in [3.63, 3.8) is 0 Å². The van der Waals surface area contributed by atoms with E-state index in [0.717, 1.165) is 0 Å².